The van der Waals surface area contributed by atoms with Gasteiger partial charge in [-0.05, 0) is 24.3 Å². The summed E-state index contributed by atoms with van der Waals surface area (Å²) in [6.45, 7) is 0. The van der Waals surface area contributed by atoms with Crippen molar-refractivity contribution in [1.29, 1.82) is 0 Å². The van der Waals surface area contributed by atoms with Crippen LogP contribution in [0.15, 0.2) is 53.1 Å². The first kappa shape index (κ1) is 14.1. The molecule has 0 bridgehead atoms. The molecule has 0 radical (unpaired) electrons. The Bertz CT molecular complexity index is 822. The Morgan fingerprint density at radius 2 is 2.05 bits per heavy atom. The molecule has 112 valence electrons. The first-order valence-corrected chi connectivity index (χ1v) is 6.66. The van der Waals surface area contributed by atoms with Crippen molar-refractivity contribution < 1.29 is 23.1 Å². The summed E-state index contributed by atoms with van der Waals surface area (Å²) < 4.78 is 29.0. The van der Waals surface area contributed by atoms with E-state index in [1.54, 1.807) is 25.3 Å². The molecule has 3 rings (SSSR count). The third-order valence-corrected chi connectivity index (χ3v) is 3.26. The van der Waals surface area contributed by atoms with Crippen molar-refractivity contribution in [2.75, 3.05) is 7.11 Å². The highest BCUT2D eigenvalue weighted by Crippen LogP contribution is 2.26. The standard InChI is InChI=1S/C17H13FO4/c1-20-12-6-7-13-11(10-21-16(13)9-12)8-17(19)22-15-5-3-2-4-14(15)18/h2-7,9-10H,8H2,1H3. The van der Waals surface area contributed by atoms with E-state index in [9.17, 15) is 9.18 Å². The fraction of sp³-hybridized carbons (Fsp3) is 0.118. The Labute approximate surface area is 126 Å². The summed E-state index contributed by atoms with van der Waals surface area (Å²) in [4.78, 5) is 11.9. The fourth-order valence-electron chi connectivity index (χ4n) is 2.17. The molecule has 0 saturated heterocycles. The number of carbonyl (C=O) groups is 1. The zero-order chi connectivity index (χ0) is 15.5. The summed E-state index contributed by atoms with van der Waals surface area (Å²) in [5, 5.41) is 0.797. The number of fused-ring (bicyclic) bond motifs is 1. The second-order valence-corrected chi connectivity index (χ2v) is 4.70. The van der Waals surface area contributed by atoms with E-state index in [0.29, 0.717) is 16.9 Å². The number of halogens is 1. The van der Waals surface area contributed by atoms with Crippen LogP contribution in [0.3, 0.4) is 0 Å². The second kappa shape index (κ2) is 5.89. The molecule has 0 fully saturated rings. The molecule has 0 amide bonds. The molecule has 1 heterocycles. The normalized spacial score (nSPS) is 10.6. The molecule has 22 heavy (non-hydrogen) atoms. The zero-order valence-electron chi connectivity index (χ0n) is 11.8. The van der Waals surface area contributed by atoms with Crippen LogP contribution in [0, 0.1) is 5.82 Å². The van der Waals surface area contributed by atoms with Gasteiger partial charge in [0, 0.05) is 17.0 Å². The summed E-state index contributed by atoms with van der Waals surface area (Å²) in [5.41, 5.74) is 1.30. The molecule has 0 aliphatic heterocycles. The Morgan fingerprint density at radius 1 is 1.23 bits per heavy atom. The van der Waals surface area contributed by atoms with Crippen LogP contribution in [-0.4, -0.2) is 13.1 Å². The average Bonchev–Trinajstić information content (AvgIpc) is 2.91. The molecular weight excluding hydrogens is 287 g/mol. The number of esters is 1. The predicted molar refractivity (Wildman–Crippen MR) is 78.5 cm³/mol. The minimum atomic E-state index is -0.572. The highest BCUT2D eigenvalue weighted by Gasteiger charge is 2.14. The van der Waals surface area contributed by atoms with Gasteiger partial charge in [0.05, 0.1) is 19.8 Å². The highest BCUT2D eigenvalue weighted by molar-refractivity contribution is 5.87. The lowest BCUT2D eigenvalue weighted by Crippen LogP contribution is -2.11. The molecule has 0 atom stereocenters. The van der Waals surface area contributed by atoms with Gasteiger partial charge in [-0.25, -0.2) is 4.39 Å². The lowest BCUT2D eigenvalue weighted by Gasteiger charge is -2.04. The quantitative estimate of drug-likeness (QED) is 0.544. The van der Waals surface area contributed by atoms with E-state index in [0.717, 1.165) is 5.39 Å². The van der Waals surface area contributed by atoms with Gasteiger partial charge in [-0.2, -0.15) is 0 Å². The number of rotatable bonds is 4. The van der Waals surface area contributed by atoms with E-state index < -0.39 is 11.8 Å². The molecule has 2 aromatic carbocycles. The van der Waals surface area contributed by atoms with Crippen LogP contribution in [0.4, 0.5) is 4.39 Å². The summed E-state index contributed by atoms with van der Waals surface area (Å²) >= 11 is 0. The molecule has 3 aromatic rings. The average molecular weight is 300 g/mol. The van der Waals surface area contributed by atoms with Gasteiger partial charge in [0.25, 0.3) is 0 Å². The monoisotopic (exact) mass is 300 g/mol. The Balaban J connectivity index is 1.78. The molecule has 0 aliphatic rings. The summed E-state index contributed by atoms with van der Waals surface area (Å²) in [5.74, 6) is -0.537. The van der Waals surface area contributed by atoms with E-state index >= 15 is 0 Å². The maximum absolute atomic E-state index is 13.5. The molecule has 4 nitrogen and oxygen atoms in total. The van der Waals surface area contributed by atoms with Crippen molar-refractivity contribution in [2.45, 2.75) is 6.42 Å². The number of methoxy groups -OCH3 is 1. The van der Waals surface area contributed by atoms with Crippen molar-refractivity contribution in [1.82, 2.24) is 0 Å². The lowest BCUT2D eigenvalue weighted by molar-refractivity contribution is -0.133. The van der Waals surface area contributed by atoms with Crippen LogP contribution < -0.4 is 9.47 Å². The van der Waals surface area contributed by atoms with E-state index in [1.165, 1.54) is 24.5 Å². The van der Waals surface area contributed by atoms with Gasteiger partial charge in [0.1, 0.15) is 11.3 Å². The Hall–Kier alpha value is -2.82. The molecule has 1 aromatic heterocycles. The second-order valence-electron chi connectivity index (χ2n) is 4.70. The largest absolute Gasteiger partial charge is 0.497 e. The van der Waals surface area contributed by atoms with Gasteiger partial charge in [-0.3, -0.25) is 4.79 Å². The number of ether oxygens (including phenoxy) is 2. The van der Waals surface area contributed by atoms with Crippen molar-refractivity contribution >= 4 is 16.9 Å². The van der Waals surface area contributed by atoms with E-state index in [1.807, 2.05) is 6.07 Å². The van der Waals surface area contributed by atoms with Crippen molar-refractivity contribution in [3.05, 3.63) is 60.1 Å². The molecule has 0 spiro atoms. The Kier molecular flexibility index (Phi) is 3.78. The van der Waals surface area contributed by atoms with Gasteiger partial charge in [-0.1, -0.05) is 12.1 Å². The minimum absolute atomic E-state index is 0.00629. The van der Waals surface area contributed by atoms with Crippen LogP contribution >= 0.6 is 0 Å². The Morgan fingerprint density at radius 3 is 2.82 bits per heavy atom. The number of hydrogen-bond donors (Lipinski definition) is 0. The van der Waals surface area contributed by atoms with Crippen LogP contribution in [0.25, 0.3) is 11.0 Å². The molecule has 0 unspecified atom stereocenters. The molecular formula is C17H13FO4. The maximum Gasteiger partial charge on any atom is 0.315 e. The third-order valence-electron chi connectivity index (χ3n) is 3.26. The molecule has 0 saturated carbocycles. The van der Waals surface area contributed by atoms with Crippen LogP contribution in [-0.2, 0) is 11.2 Å². The van der Waals surface area contributed by atoms with Crippen LogP contribution in [0.5, 0.6) is 11.5 Å². The summed E-state index contributed by atoms with van der Waals surface area (Å²) in [6.07, 6.45) is 1.49. The number of hydrogen-bond acceptors (Lipinski definition) is 4. The number of carbonyl (C=O) groups excluding carboxylic acids is 1. The SMILES string of the molecule is COc1ccc2c(CC(=O)Oc3ccccc3F)coc2c1. The highest BCUT2D eigenvalue weighted by atomic mass is 19.1. The third kappa shape index (κ3) is 2.79. The van der Waals surface area contributed by atoms with E-state index in [2.05, 4.69) is 0 Å². The zero-order valence-corrected chi connectivity index (χ0v) is 11.8. The number of benzene rings is 2. The van der Waals surface area contributed by atoms with Gasteiger partial charge in [0.2, 0.25) is 0 Å². The lowest BCUT2D eigenvalue weighted by atomic mass is 10.1. The molecule has 0 aliphatic carbocycles. The van der Waals surface area contributed by atoms with Crippen molar-refractivity contribution in [3.63, 3.8) is 0 Å². The van der Waals surface area contributed by atoms with E-state index in [-0.39, 0.29) is 12.2 Å². The molecule has 0 N–H and O–H groups in total. The maximum atomic E-state index is 13.5. The van der Waals surface area contributed by atoms with Gasteiger partial charge in [0.15, 0.2) is 11.6 Å². The predicted octanol–water partition coefficient (Wildman–Crippen LogP) is 3.73. The summed E-state index contributed by atoms with van der Waals surface area (Å²) in [6, 6.07) is 11.1. The molecule has 5 heteroatoms. The van der Waals surface area contributed by atoms with Crippen LogP contribution in [0.1, 0.15) is 5.56 Å². The topological polar surface area (TPSA) is 48.7 Å². The number of furan rings is 1. The first-order valence-electron chi connectivity index (χ1n) is 6.66. The fourth-order valence-corrected chi connectivity index (χ4v) is 2.17. The van der Waals surface area contributed by atoms with E-state index in [4.69, 9.17) is 13.9 Å². The van der Waals surface area contributed by atoms with Gasteiger partial charge in [-0.15, -0.1) is 0 Å². The van der Waals surface area contributed by atoms with Crippen molar-refractivity contribution in [3.8, 4) is 11.5 Å². The summed E-state index contributed by atoms with van der Waals surface area (Å²) in [7, 11) is 1.57. The van der Waals surface area contributed by atoms with Gasteiger partial charge >= 0.3 is 5.97 Å². The number of para-hydroxylation sites is 1. The smallest absolute Gasteiger partial charge is 0.315 e. The van der Waals surface area contributed by atoms with Crippen LogP contribution in [0.2, 0.25) is 0 Å². The minimum Gasteiger partial charge on any atom is -0.497 e. The van der Waals surface area contributed by atoms with Gasteiger partial charge < -0.3 is 13.9 Å². The first-order chi connectivity index (χ1) is 10.7. The van der Waals surface area contributed by atoms with Crippen molar-refractivity contribution in [2.24, 2.45) is 0 Å².